The zero-order valence-electron chi connectivity index (χ0n) is 22.6. The molecule has 0 aliphatic carbocycles. The molecule has 0 aromatic rings. The van der Waals surface area contributed by atoms with Crippen molar-refractivity contribution < 1.29 is 0 Å². The highest BCUT2D eigenvalue weighted by Gasteiger charge is 2.46. The molecular weight excluding hydrogens is 385 g/mol. The van der Waals surface area contributed by atoms with Gasteiger partial charge in [-0.15, -0.1) is 7.92 Å². The van der Waals surface area contributed by atoms with Crippen molar-refractivity contribution >= 4 is 7.92 Å². The number of rotatable bonds is 17. The summed E-state index contributed by atoms with van der Waals surface area (Å²) in [6.07, 6.45) is 8.32. The summed E-state index contributed by atoms with van der Waals surface area (Å²) >= 11 is 0. The first-order valence-electron chi connectivity index (χ1n) is 12.7. The third-order valence-electron chi connectivity index (χ3n) is 9.07. The van der Waals surface area contributed by atoms with Crippen molar-refractivity contribution in [1.82, 2.24) is 10.6 Å². The lowest BCUT2D eigenvalue weighted by molar-refractivity contribution is 0.0291. The van der Waals surface area contributed by atoms with Gasteiger partial charge in [0.15, 0.2) is 0 Å². The first kappa shape index (κ1) is 30.3. The molecule has 182 valence electrons. The highest BCUT2D eigenvalue weighted by molar-refractivity contribution is 7.57. The Labute approximate surface area is 192 Å². The first-order chi connectivity index (χ1) is 13.9. The van der Waals surface area contributed by atoms with Crippen molar-refractivity contribution in [1.29, 1.82) is 0 Å². The third kappa shape index (κ3) is 8.34. The lowest BCUT2D eigenvalue weighted by atomic mass is 9.59. The lowest BCUT2D eigenvalue weighted by Crippen LogP contribution is -2.60. The predicted molar refractivity (Wildman–Crippen MR) is 141 cm³/mol. The van der Waals surface area contributed by atoms with E-state index < -0.39 is 0 Å². The SMILES string of the molecule is CCCCC(CCP(C)C(C)CNC(C)C(C)(C)C(C)(CN)C(C)NC)C(C)CC. The fourth-order valence-corrected chi connectivity index (χ4v) is 6.27. The monoisotopic (exact) mass is 443 g/mol. The highest BCUT2D eigenvalue weighted by atomic mass is 31.1. The van der Waals surface area contributed by atoms with Crippen molar-refractivity contribution in [3.05, 3.63) is 0 Å². The summed E-state index contributed by atoms with van der Waals surface area (Å²) in [4.78, 5) is 0. The minimum absolute atomic E-state index is 0.0388. The molecule has 7 atom stereocenters. The van der Waals surface area contributed by atoms with Crippen LogP contribution < -0.4 is 16.4 Å². The molecule has 0 aliphatic rings. The van der Waals surface area contributed by atoms with Crippen LogP contribution in [0.15, 0.2) is 0 Å². The number of unbranched alkanes of at least 4 members (excludes halogenated alkanes) is 1. The van der Waals surface area contributed by atoms with E-state index in [4.69, 9.17) is 5.73 Å². The molecule has 0 bridgehead atoms. The van der Waals surface area contributed by atoms with Gasteiger partial charge in [-0.1, -0.05) is 74.1 Å². The van der Waals surface area contributed by atoms with E-state index in [1.807, 2.05) is 7.05 Å². The van der Waals surface area contributed by atoms with Gasteiger partial charge in [-0.25, -0.2) is 0 Å². The number of hydrogen-bond acceptors (Lipinski definition) is 3. The maximum absolute atomic E-state index is 6.29. The molecule has 4 N–H and O–H groups in total. The van der Waals surface area contributed by atoms with Gasteiger partial charge in [0.1, 0.15) is 0 Å². The third-order valence-corrected chi connectivity index (χ3v) is 11.7. The van der Waals surface area contributed by atoms with E-state index in [1.165, 1.54) is 38.3 Å². The summed E-state index contributed by atoms with van der Waals surface area (Å²) in [5.41, 5.74) is 7.18. The normalized spacial score (nSPS) is 20.8. The minimum Gasteiger partial charge on any atom is -0.330 e. The molecule has 0 aliphatic heterocycles. The number of nitrogens with two attached hydrogens (primary N) is 1. The Morgan fingerprint density at radius 2 is 1.57 bits per heavy atom. The molecule has 0 fully saturated rings. The summed E-state index contributed by atoms with van der Waals surface area (Å²) in [7, 11) is 2.12. The highest BCUT2D eigenvalue weighted by Crippen LogP contribution is 2.44. The van der Waals surface area contributed by atoms with Crippen LogP contribution >= 0.6 is 7.92 Å². The fourth-order valence-electron chi connectivity index (χ4n) is 4.67. The first-order valence-corrected chi connectivity index (χ1v) is 14.8. The molecule has 0 rings (SSSR count). The van der Waals surface area contributed by atoms with Gasteiger partial charge in [-0.3, -0.25) is 0 Å². The van der Waals surface area contributed by atoms with Crippen molar-refractivity contribution in [3.8, 4) is 0 Å². The molecule has 7 unspecified atom stereocenters. The van der Waals surface area contributed by atoms with Gasteiger partial charge in [0.25, 0.3) is 0 Å². The van der Waals surface area contributed by atoms with Crippen molar-refractivity contribution in [2.45, 2.75) is 112 Å². The van der Waals surface area contributed by atoms with Crippen LogP contribution in [0.1, 0.15) is 94.4 Å². The summed E-state index contributed by atoms with van der Waals surface area (Å²) < 4.78 is 0. The summed E-state index contributed by atoms with van der Waals surface area (Å²) in [6, 6.07) is 0.799. The van der Waals surface area contributed by atoms with Gasteiger partial charge in [0.2, 0.25) is 0 Å². The number of hydrogen-bond donors (Lipinski definition) is 3. The van der Waals surface area contributed by atoms with Crippen molar-refractivity contribution in [2.24, 2.45) is 28.4 Å². The largest absolute Gasteiger partial charge is 0.330 e. The van der Waals surface area contributed by atoms with Crippen LogP contribution in [0.5, 0.6) is 0 Å². The van der Waals surface area contributed by atoms with Crippen LogP contribution in [-0.2, 0) is 0 Å². The Kier molecular flexibility index (Phi) is 14.6. The molecule has 0 heterocycles. The predicted octanol–water partition coefficient (Wildman–Crippen LogP) is 6.31. The summed E-state index contributed by atoms with van der Waals surface area (Å²) in [5, 5.41) is 7.36. The van der Waals surface area contributed by atoms with E-state index in [-0.39, 0.29) is 18.8 Å². The second-order valence-corrected chi connectivity index (χ2v) is 13.7. The van der Waals surface area contributed by atoms with Crippen LogP contribution in [0.4, 0.5) is 0 Å². The Bertz CT molecular complexity index is 442. The molecular formula is C26H58N3P. The molecule has 3 nitrogen and oxygen atoms in total. The molecule has 0 aromatic heterocycles. The standard InChI is InChI=1S/C26H58N3P/c1-12-14-15-24(20(3)13-2)16-17-30(11)21(4)18-29-22(5)25(7,8)26(9,19-27)23(6)28-10/h20-24,28-29H,12-19,27H2,1-11H3. The average molecular weight is 444 g/mol. The van der Waals surface area contributed by atoms with Crippen LogP contribution in [-0.4, -0.2) is 50.7 Å². The molecule has 0 saturated carbocycles. The Morgan fingerprint density at radius 3 is 2.03 bits per heavy atom. The summed E-state index contributed by atoms with van der Waals surface area (Å²) in [5.74, 6) is 1.79. The van der Waals surface area contributed by atoms with Gasteiger partial charge < -0.3 is 16.4 Å². The summed E-state index contributed by atoms with van der Waals surface area (Å²) in [6.45, 7) is 25.7. The maximum atomic E-state index is 6.29. The van der Waals surface area contributed by atoms with Gasteiger partial charge in [-0.2, -0.15) is 0 Å². The second-order valence-electron chi connectivity index (χ2n) is 10.9. The minimum atomic E-state index is 0.0388. The van der Waals surface area contributed by atoms with E-state index in [0.717, 1.165) is 24.0 Å². The van der Waals surface area contributed by atoms with Gasteiger partial charge in [0, 0.05) is 24.0 Å². The maximum Gasteiger partial charge on any atom is 0.0107 e. The lowest BCUT2D eigenvalue weighted by Gasteiger charge is -2.51. The van der Waals surface area contributed by atoms with E-state index >= 15 is 0 Å². The van der Waals surface area contributed by atoms with Gasteiger partial charge >= 0.3 is 0 Å². The van der Waals surface area contributed by atoms with Crippen LogP contribution in [0.2, 0.25) is 0 Å². The zero-order chi connectivity index (χ0) is 23.5. The Hall–Kier alpha value is 0.310. The van der Waals surface area contributed by atoms with E-state index in [9.17, 15) is 0 Å². The van der Waals surface area contributed by atoms with E-state index in [1.54, 1.807) is 0 Å². The van der Waals surface area contributed by atoms with Crippen LogP contribution in [0.25, 0.3) is 0 Å². The Morgan fingerprint density at radius 1 is 0.967 bits per heavy atom. The van der Waals surface area contributed by atoms with Crippen molar-refractivity contribution in [2.75, 3.05) is 33.0 Å². The quantitative estimate of drug-likeness (QED) is 0.231. The van der Waals surface area contributed by atoms with E-state index in [0.29, 0.717) is 18.6 Å². The molecule has 0 saturated heterocycles. The van der Waals surface area contributed by atoms with E-state index in [2.05, 4.69) is 79.6 Å². The molecule has 0 amide bonds. The average Bonchev–Trinajstić information content (AvgIpc) is 2.74. The molecule has 30 heavy (non-hydrogen) atoms. The van der Waals surface area contributed by atoms with Gasteiger partial charge in [-0.05, 0) is 69.6 Å². The fraction of sp³-hybridized carbons (Fsp3) is 1.00. The van der Waals surface area contributed by atoms with Crippen LogP contribution in [0, 0.1) is 22.7 Å². The second kappa shape index (κ2) is 14.5. The zero-order valence-corrected chi connectivity index (χ0v) is 23.5. The van der Waals surface area contributed by atoms with Crippen LogP contribution in [0.3, 0.4) is 0 Å². The van der Waals surface area contributed by atoms with Crippen molar-refractivity contribution in [3.63, 3.8) is 0 Å². The van der Waals surface area contributed by atoms with Gasteiger partial charge in [0.05, 0.1) is 0 Å². The Balaban J connectivity index is 4.80. The molecule has 4 heteroatoms. The topological polar surface area (TPSA) is 50.1 Å². The number of nitrogens with one attached hydrogen (secondary N) is 2. The molecule has 0 aromatic carbocycles. The smallest absolute Gasteiger partial charge is 0.0107 e. The molecule has 0 radical (unpaired) electrons. The molecule has 0 spiro atoms.